The molecule has 2 aromatic carbocycles. The molecule has 37 heavy (non-hydrogen) atoms. The van der Waals surface area contributed by atoms with Crippen molar-refractivity contribution >= 4 is 10.9 Å². The summed E-state index contributed by atoms with van der Waals surface area (Å²) in [6.07, 6.45) is 2.74. The number of benzene rings is 2. The molecule has 2 N–H and O–H groups in total. The van der Waals surface area contributed by atoms with Gasteiger partial charge in [-0.2, -0.15) is 0 Å². The molecule has 2 aliphatic heterocycles. The quantitative estimate of drug-likeness (QED) is 0.403. The van der Waals surface area contributed by atoms with E-state index in [1.807, 2.05) is 31.2 Å². The van der Waals surface area contributed by atoms with Crippen LogP contribution in [-0.2, 0) is 6.42 Å². The first kappa shape index (κ1) is 26.1. The van der Waals surface area contributed by atoms with E-state index in [0.29, 0.717) is 12.1 Å². The zero-order chi connectivity index (χ0) is 26.3. The number of unbranched alkanes of at least 4 members (excludes halogenated alkanes) is 1. The maximum Gasteiger partial charge on any atom is 0.143 e. The molecule has 8 heteroatoms. The van der Waals surface area contributed by atoms with Gasteiger partial charge in [0.1, 0.15) is 29.2 Å². The molecule has 0 saturated carbocycles. The molecule has 0 unspecified atom stereocenters. The fraction of sp³-hybridized carbons (Fsp3) is 0.517. The van der Waals surface area contributed by atoms with Gasteiger partial charge in [0.2, 0.25) is 0 Å². The van der Waals surface area contributed by atoms with Crippen molar-refractivity contribution in [2.45, 2.75) is 63.9 Å². The highest BCUT2D eigenvalue weighted by Crippen LogP contribution is 2.43. The molecule has 0 radical (unpaired) electrons. The number of halogens is 3. The summed E-state index contributed by atoms with van der Waals surface area (Å²) in [7, 11) is 0. The molecule has 1 saturated heterocycles. The van der Waals surface area contributed by atoms with Crippen molar-refractivity contribution in [3.05, 3.63) is 64.9 Å². The molecule has 1 fully saturated rings. The largest absolute Gasteiger partial charge is 0.488 e. The van der Waals surface area contributed by atoms with E-state index in [-0.39, 0.29) is 30.0 Å². The molecule has 0 amide bonds. The topological polar surface area (TPSA) is 51.7 Å². The molecular weight excluding hydrogens is 479 g/mol. The lowest BCUT2D eigenvalue weighted by molar-refractivity contribution is 0.0153. The lowest BCUT2D eigenvalue weighted by atomic mass is 9.87. The van der Waals surface area contributed by atoms with E-state index >= 15 is 13.2 Å². The number of hydrogen-bond donors (Lipinski definition) is 2. The van der Waals surface area contributed by atoms with Gasteiger partial charge in [-0.15, -0.1) is 0 Å². The van der Waals surface area contributed by atoms with Crippen molar-refractivity contribution in [2.75, 3.05) is 32.8 Å². The number of rotatable bonds is 9. The first-order valence-electron chi connectivity index (χ1n) is 13.2. The van der Waals surface area contributed by atoms with E-state index in [4.69, 9.17) is 4.74 Å². The van der Waals surface area contributed by atoms with Gasteiger partial charge in [-0.1, -0.05) is 31.5 Å². The second-order valence-electron chi connectivity index (χ2n) is 10.9. The number of aromatic amines is 1. The van der Waals surface area contributed by atoms with Gasteiger partial charge in [0.25, 0.3) is 0 Å². The van der Waals surface area contributed by atoms with Crippen molar-refractivity contribution in [3.63, 3.8) is 0 Å². The number of nitrogens with one attached hydrogen (secondary N) is 1. The van der Waals surface area contributed by atoms with Crippen LogP contribution in [0.3, 0.4) is 0 Å². The van der Waals surface area contributed by atoms with Gasteiger partial charge in [-0.25, -0.2) is 13.2 Å². The first-order chi connectivity index (χ1) is 17.7. The fourth-order valence-corrected chi connectivity index (χ4v) is 5.74. The van der Waals surface area contributed by atoms with Gasteiger partial charge in [0.05, 0.1) is 12.6 Å². The summed E-state index contributed by atoms with van der Waals surface area (Å²) in [5.41, 5.74) is 0.438. The molecule has 2 aliphatic rings. The number of aliphatic hydroxyl groups excluding tert-OH is 1. The number of H-pyrrole nitrogens is 1. The number of aromatic nitrogens is 1. The van der Waals surface area contributed by atoms with Crippen LogP contribution in [0.25, 0.3) is 10.9 Å². The SMILES string of the molecule is CCCCN1CC(Oc2cc(F)c([C@@H]3c4[nH]c5ccccc5c4C[C@@H](C)N3C[C@](C)(F)CO)c(F)c2)C1. The smallest absolute Gasteiger partial charge is 0.143 e. The Labute approximate surface area is 216 Å². The van der Waals surface area contributed by atoms with Crippen molar-refractivity contribution < 1.29 is 23.0 Å². The van der Waals surface area contributed by atoms with Crippen LogP contribution in [0.4, 0.5) is 13.2 Å². The Hall–Kier alpha value is -2.55. The lowest BCUT2D eigenvalue weighted by Gasteiger charge is -2.43. The van der Waals surface area contributed by atoms with Crippen LogP contribution in [0, 0.1) is 11.6 Å². The highest BCUT2D eigenvalue weighted by Gasteiger charge is 2.42. The minimum Gasteiger partial charge on any atom is -0.488 e. The third-order valence-electron chi connectivity index (χ3n) is 7.74. The van der Waals surface area contributed by atoms with Crippen LogP contribution in [0.2, 0.25) is 0 Å². The predicted molar refractivity (Wildman–Crippen MR) is 139 cm³/mol. The molecule has 5 nitrogen and oxygen atoms in total. The Bertz CT molecular complexity index is 1230. The van der Waals surface area contributed by atoms with Crippen LogP contribution in [0.1, 0.15) is 56.5 Å². The van der Waals surface area contributed by atoms with Gasteiger partial charge < -0.3 is 14.8 Å². The third-order valence-corrected chi connectivity index (χ3v) is 7.74. The minimum absolute atomic E-state index is 0.0928. The number of nitrogens with zero attached hydrogens (tertiary/aromatic N) is 2. The number of para-hydroxylation sites is 1. The number of aliphatic hydroxyl groups is 1. The monoisotopic (exact) mass is 515 g/mol. The third kappa shape index (κ3) is 5.11. The van der Waals surface area contributed by atoms with Crippen molar-refractivity contribution in [3.8, 4) is 5.75 Å². The normalized spacial score (nSPS) is 22.6. The molecule has 200 valence electrons. The highest BCUT2D eigenvalue weighted by molar-refractivity contribution is 5.85. The number of likely N-dealkylation sites (tertiary alicyclic amines) is 1. The molecular formula is C29H36F3N3O2. The lowest BCUT2D eigenvalue weighted by Crippen LogP contribution is -2.53. The molecule has 3 atom stereocenters. The van der Waals surface area contributed by atoms with Crippen LogP contribution < -0.4 is 4.74 Å². The van der Waals surface area contributed by atoms with Crippen molar-refractivity contribution in [1.29, 1.82) is 0 Å². The Morgan fingerprint density at radius 3 is 2.54 bits per heavy atom. The standard InChI is InChI=1S/C29H36F3N3O2/c1-4-5-10-34-14-20(15-34)37-19-12-23(30)26(24(31)13-19)28-27-22(21-8-6-7-9-25(21)33-27)11-18(2)35(28)16-29(3,32)17-36/h6-9,12-13,18,20,28,33,36H,4-5,10-11,14-17H2,1-3H3/t18-,28-,29+/m1/s1. The highest BCUT2D eigenvalue weighted by atomic mass is 19.1. The number of fused-ring (bicyclic) bond motifs is 3. The Balaban J connectivity index is 1.50. The average molecular weight is 516 g/mol. The number of alkyl halides is 1. The first-order valence-corrected chi connectivity index (χ1v) is 13.2. The van der Waals surface area contributed by atoms with Gasteiger partial charge in [0.15, 0.2) is 0 Å². The van der Waals surface area contributed by atoms with Crippen LogP contribution in [0.15, 0.2) is 36.4 Å². The molecule has 0 bridgehead atoms. The molecule has 0 aliphatic carbocycles. The second kappa shape index (κ2) is 10.3. The van der Waals surface area contributed by atoms with E-state index in [0.717, 1.165) is 48.9 Å². The summed E-state index contributed by atoms with van der Waals surface area (Å²) >= 11 is 0. The van der Waals surface area contributed by atoms with E-state index < -0.39 is 30.0 Å². The van der Waals surface area contributed by atoms with Crippen LogP contribution in [0.5, 0.6) is 5.75 Å². The zero-order valence-corrected chi connectivity index (χ0v) is 21.7. The summed E-state index contributed by atoms with van der Waals surface area (Å²) in [6.45, 7) is 7.02. The minimum atomic E-state index is -1.93. The van der Waals surface area contributed by atoms with Crippen LogP contribution >= 0.6 is 0 Å². The average Bonchev–Trinajstić information content (AvgIpc) is 3.19. The van der Waals surface area contributed by atoms with E-state index in [2.05, 4.69) is 16.8 Å². The number of hydrogen-bond acceptors (Lipinski definition) is 4. The summed E-state index contributed by atoms with van der Waals surface area (Å²) in [5.74, 6) is -1.29. The van der Waals surface area contributed by atoms with E-state index in [1.54, 1.807) is 4.90 Å². The van der Waals surface area contributed by atoms with E-state index in [1.165, 1.54) is 19.1 Å². The zero-order valence-electron chi connectivity index (χ0n) is 21.7. The predicted octanol–water partition coefficient (Wildman–Crippen LogP) is 5.37. The van der Waals surface area contributed by atoms with Gasteiger partial charge in [-0.3, -0.25) is 9.80 Å². The van der Waals surface area contributed by atoms with Gasteiger partial charge in [0, 0.05) is 60.0 Å². The van der Waals surface area contributed by atoms with Gasteiger partial charge in [-0.05, 0) is 44.9 Å². The number of ether oxygens (including phenoxy) is 1. The maximum atomic E-state index is 15.8. The molecule has 1 aromatic heterocycles. The molecule has 3 aromatic rings. The molecule has 3 heterocycles. The Morgan fingerprint density at radius 1 is 1.16 bits per heavy atom. The molecule has 5 rings (SSSR count). The van der Waals surface area contributed by atoms with Crippen molar-refractivity contribution in [2.24, 2.45) is 0 Å². The van der Waals surface area contributed by atoms with Gasteiger partial charge >= 0.3 is 0 Å². The summed E-state index contributed by atoms with van der Waals surface area (Å²) in [6, 6.07) is 9.15. The van der Waals surface area contributed by atoms with E-state index in [9.17, 15) is 5.11 Å². The Morgan fingerprint density at radius 2 is 1.86 bits per heavy atom. The van der Waals surface area contributed by atoms with Crippen LogP contribution in [-0.4, -0.2) is 70.5 Å². The fourth-order valence-electron chi connectivity index (χ4n) is 5.74. The Kier molecular flexibility index (Phi) is 7.27. The maximum absolute atomic E-state index is 15.8. The summed E-state index contributed by atoms with van der Waals surface area (Å²) < 4.78 is 52.5. The van der Waals surface area contributed by atoms with Crippen molar-refractivity contribution in [1.82, 2.24) is 14.8 Å². The second-order valence-corrected chi connectivity index (χ2v) is 10.9. The summed E-state index contributed by atoms with van der Waals surface area (Å²) in [5, 5.41) is 10.6. The summed E-state index contributed by atoms with van der Waals surface area (Å²) in [4.78, 5) is 7.39. The molecule has 0 spiro atoms.